The smallest absolute Gasteiger partial charge is 0.143 e. The van der Waals surface area contributed by atoms with Gasteiger partial charge in [-0.25, -0.2) is 8.78 Å². The van der Waals surface area contributed by atoms with E-state index >= 15 is 0 Å². The van der Waals surface area contributed by atoms with Gasteiger partial charge in [0.05, 0.1) is 4.47 Å². The van der Waals surface area contributed by atoms with Crippen LogP contribution in [0.3, 0.4) is 0 Å². The van der Waals surface area contributed by atoms with Gasteiger partial charge in [0.1, 0.15) is 11.6 Å². The molecule has 21 heavy (non-hydrogen) atoms. The summed E-state index contributed by atoms with van der Waals surface area (Å²) in [5, 5.41) is 3.27. The Hall–Kier alpha value is -0.480. The molecule has 1 saturated carbocycles. The van der Waals surface area contributed by atoms with E-state index in [4.69, 9.17) is 0 Å². The lowest BCUT2D eigenvalue weighted by atomic mass is 9.70. The Morgan fingerprint density at radius 3 is 2.48 bits per heavy atom. The normalized spacial score (nSPS) is 20.5. The summed E-state index contributed by atoms with van der Waals surface area (Å²) in [4.78, 5) is 0. The Morgan fingerprint density at radius 2 is 1.90 bits per heavy atom. The molecule has 0 aromatic heterocycles. The predicted molar refractivity (Wildman–Crippen MR) is 86.3 cm³/mol. The fraction of sp³-hybridized carbons (Fsp3) is 0.647. The van der Waals surface area contributed by atoms with E-state index in [0.717, 1.165) is 12.8 Å². The van der Waals surface area contributed by atoms with Crippen molar-refractivity contribution in [3.8, 4) is 0 Å². The lowest BCUT2D eigenvalue weighted by molar-refractivity contribution is 0.163. The highest BCUT2D eigenvalue weighted by atomic mass is 79.9. The number of halogens is 3. The summed E-state index contributed by atoms with van der Waals surface area (Å²) in [6.45, 7) is 4.59. The second-order valence-corrected chi connectivity index (χ2v) is 7.78. The van der Waals surface area contributed by atoms with Crippen molar-refractivity contribution in [1.29, 1.82) is 0 Å². The quantitative estimate of drug-likeness (QED) is 0.739. The highest BCUT2D eigenvalue weighted by Crippen LogP contribution is 2.40. The molecule has 1 fully saturated rings. The molecule has 2 rings (SSSR count). The third-order valence-corrected chi connectivity index (χ3v) is 5.50. The maximum atomic E-state index is 14.1. The number of likely N-dealkylation sites (N-methyl/N-ethyl adjacent to an activating group) is 1. The molecule has 0 saturated heterocycles. The van der Waals surface area contributed by atoms with E-state index < -0.39 is 11.6 Å². The van der Waals surface area contributed by atoms with Gasteiger partial charge in [0, 0.05) is 11.6 Å². The van der Waals surface area contributed by atoms with E-state index in [0.29, 0.717) is 22.2 Å². The molecule has 1 N–H and O–H groups in total. The van der Waals surface area contributed by atoms with Gasteiger partial charge in [-0.3, -0.25) is 0 Å². The first-order chi connectivity index (χ1) is 9.84. The van der Waals surface area contributed by atoms with Gasteiger partial charge >= 0.3 is 0 Å². The van der Waals surface area contributed by atoms with Crippen molar-refractivity contribution in [2.75, 3.05) is 7.05 Å². The molecule has 1 aromatic rings. The Bertz CT molecular complexity index is 492. The van der Waals surface area contributed by atoms with Crippen molar-refractivity contribution in [3.05, 3.63) is 33.8 Å². The minimum absolute atomic E-state index is 0.124. The summed E-state index contributed by atoms with van der Waals surface area (Å²) < 4.78 is 28.4. The number of hydrogen-bond acceptors (Lipinski definition) is 1. The van der Waals surface area contributed by atoms with Crippen LogP contribution in [0.4, 0.5) is 8.78 Å². The van der Waals surface area contributed by atoms with Crippen molar-refractivity contribution in [2.24, 2.45) is 11.3 Å². The number of rotatable bonds is 4. The molecular weight excluding hydrogens is 336 g/mol. The largest absolute Gasteiger partial charge is 0.316 e. The van der Waals surface area contributed by atoms with Crippen LogP contribution in [0.5, 0.6) is 0 Å². The van der Waals surface area contributed by atoms with Gasteiger partial charge in [0.2, 0.25) is 0 Å². The molecule has 0 spiro atoms. The van der Waals surface area contributed by atoms with E-state index in [9.17, 15) is 8.78 Å². The van der Waals surface area contributed by atoms with E-state index in [1.165, 1.54) is 25.0 Å². The van der Waals surface area contributed by atoms with Crippen molar-refractivity contribution >= 4 is 15.9 Å². The maximum absolute atomic E-state index is 14.1. The second kappa shape index (κ2) is 6.74. The van der Waals surface area contributed by atoms with Crippen molar-refractivity contribution in [3.63, 3.8) is 0 Å². The summed E-state index contributed by atoms with van der Waals surface area (Å²) in [5.41, 5.74) is 0.592. The Labute approximate surface area is 134 Å². The molecule has 0 heterocycles. The average Bonchev–Trinajstić information content (AvgIpc) is 2.44. The number of nitrogens with one attached hydrogen (secondary N) is 1. The molecule has 1 atom stereocenters. The molecule has 1 aliphatic carbocycles. The summed E-state index contributed by atoms with van der Waals surface area (Å²) in [6.07, 6.45) is 5.00. The third-order valence-electron chi connectivity index (χ3n) is 4.89. The van der Waals surface area contributed by atoms with E-state index in [1.807, 2.05) is 7.05 Å². The van der Waals surface area contributed by atoms with Gasteiger partial charge in [-0.05, 0) is 78.5 Å². The summed E-state index contributed by atoms with van der Waals surface area (Å²) in [7, 11) is 1.89. The monoisotopic (exact) mass is 359 g/mol. The SMILES string of the molecule is CNC(Cc1c(F)ccc(Br)c1F)C1CCC(C)(C)CC1. The highest BCUT2D eigenvalue weighted by Gasteiger charge is 2.31. The molecule has 1 aliphatic rings. The van der Waals surface area contributed by atoms with Gasteiger partial charge in [0.15, 0.2) is 0 Å². The summed E-state index contributed by atoms with van der Waals surface area (Å²) in [6, 6.07) is 2.88. The van der Waals surface area contributed by atoms with Crippen LogP contribution in [0.15, 0.2) is 16.6 Å². The van der Waals surface area contributed by atoms with Crippen LogP contribution in [0, 0.1) is 23.0 Å². The topological polar surface area (TPSA) is 12.0 Å². The molecule has 1 nitrogen and oxygen atoms in total. The zero-order valence-electron chi connectivity index (χ0n) is 13.0. The molecule has 0 amide bonds. The van der Waals surface area contributed by atoms with E-state index in [2.05, 4.69) is 35.1 Å². The summed E-state index contributed by atoms with van der Waals surface area (Å²) >= 11 is 3.14. The lowest BCUT2D eigenvalue weighted by Crippen LogP contribution is -2.39. The van der Waals surface area contributed by atoms with Gasteiger partial charge in [-0.1, -0.05) is 13.8 Å². The molecule has 1 unspecified atom stereocenters. The van der Waals surface area contributed by atoms with E-state index in [1.54, 1.807) is 0 Å². The highest BCUT2D eigenvalue weighted by molar-refractivity contribution is 9.10. The predicted octanol–water partition coefficient (Wildman–Crippen LogP) is 5.07. The summed E-state index contributed by atoms with van der Waals surface area (Å²) in [5.74, 6) is -0.431. The van der Waals surface area contributed by atoms with Crippen molar-refractivity contribution < 1.29 is 8.78 Å². The van der Waals surface area contributed by atoms with Gasteiger partial charge in [-0.15, -0.1) is 0 Å². The van der Waals surface area contributed by atoms with Crippen molar-refractivity contribution in [2.45, 2.75) is 52.0 Å². The minimum Gasteiger partial charge on any atom is -0.316 e. The van der Waals surface area contributed by atoms with Crippen LogP contribution in [0.2, 0.25) is 0 Å². The molecule has 0 radical (unpaired) electrons. The van der Waals surface area contributed by atoms with Crippen LogP contribution >= 0.6 is 15.9 Å². The standard InChI is InChI=1S/C17H24BrF2N/c1-17(2)8-6-11(7-9-17)15(21-3)10-12-14(19)5-4-13(18)16(12)20/h4-5,11,15,21H,6-10H2,1-3H3. The van der Waals surface area contributed by atoms with Gasteiger partial charge in [0.25, 0.3) is 0 Å². The first-order valence-electron chi connectivity index (χ1n) is 7.64. The van der Waals surface area contributed by atoms with Gasteiger partial charge in [-0.2, -0.15) is 0 Å². The second-order valence-electron chi connectivity index (χ2n) is 6.92. The molecule has 0 bridgehead atoms. The van der Waals surface area contributed by atoms with Crippen molar-refractivity contribution in [1.82, 2.24) is 5.32 Å². The van der Waals surface area contributed by atoms with Crippen LogP contribution < -0.4 is 5.32 Å². The van der Waals surface area contributed by atoms with Crippen LogP contribution in [0.1, 0.15) is 45.1 Å². The molecule has 118 valence electrons. The third kappa shape index (κ3) is 4.04. The fourth-order valence-corrected chi connectivity index (χ4v) is 3.68. The Morgan fingerprint density at radius 1 is 1.29 bits per heavy atom. The molecule has 4 heteroatoms. The first-order valence-corrected chi connectivity index (χ1v) is 8.43. The van der Waals surface area contributed by atoms with Crippen LogP contribution in [-0.2, 0) is 6.42 Å². The molecule has 0 aliphatic heterocycles. The number of hydrogen-bond donors (Lipinski definition) is 1. The Balaban J connectivity index is 2.12. The zero-order chi connectivity index (χ0) is 15.6. The maximum Gasteiger partial charge on any atom is 0.143 e. The fourth-order valence-electron chi connectivity index (χ4n) is 3.30. The molecule has 1 aromatic carbocycles. The average molecular weight is 360 g/mol. The first kappa shape index (κ1) is 16.9. The van der Waals surface area contributed by atoms with E-state index in [-0.39, 0.29) is 11.6 Å². The molecular formula is C17H24BrF2N. The van der Waals surface area contributed by atoms with Gasteiger partial charge < -0.3 is 5.32 Å². The lowest BCUT2D eigenvalue weighted by Gasteiger charge is -2.38. The zero-order valence-corrected chi connectivity index (χ0v) is 14.6. The number of benzene rings is 1. The van der Waals surface area contributed by atoms with Crippen LogP contribution in [-0.4, -0.2) is 13.1 Å². The Kier molecular flexibility index (Phi) is 5.42. The minimum atomic E-state index is -0.466. The van der Waals surface area contributed by atoms with Crippen LogP contribution in [0.25, 0.3) is 0 Å².